The number of benzene rings is 1. The molecule has 0 aliphatic heterocycles. The normalized spacial score (nSPS) is 22.6. The molecule has 9 nitrogen and oxygen atoms in total. The van der Waals surface area contributed by atoms with E-state index in [0.29, 0.717) is 37.0 Å². The van der Waals surface area contributed by atoms with Crippen molar-refractivity contribution in [3.05, 3.63) is 35.3 Å². The summed E-state index contributed by atoms with van der Waals surface area (Å²) in [6.45, 7) is 2.85. The van der Waals surface area contributed by atoms with E-state index in [-0.39, 0.29) is 18.6 Å². The fourth-order valence-electron chi connectivity index (χ4n) is 4.53. The summed E-state index contributed by atoms with van der Waals surface area (Å²) in [7, 11) is 1.88. The fourth-order valence-corrected chi connectivity index (χ4v) is 4.53. The molecule has 2 aromatic heterocycles. The molecular formula is C24H32N6O3. The third-order valence-corrected chi connectivity index (χ3v) is 6.74. The molecule has 0 bridgehead atoms. The van der Waals surface area contributed by atoms with Gasteiger partial charge in [0, 0.05) is 49.1 Å². The van der Waals surface area contributed by atoms with Crippen molar-refractivity contribution in [2.45, 2.75) is 51.2 Å². The van der Waals surface area contributed by atoms with Crippen molar-refractivity contribution in [3.63, 3.8) is 0 Å². The van der Waals surface area contributed by atoms with Crippen LogP contribution < -0.4 is 16.0 Å². The SMILES string of the molecule is CNc1ccc2oc(Cc3c(C)nc(NCC4CC4)nc3NC3CC(O)C(CO)C3)nc2c1. The predicted molar refractivity (Wildman–Crippen MR) is 128 cm³/mol. The van der Waals surface area contributed by atoms with Gasteiger partial charge in [0.25, 0.3) is 0 Å². The van der Waals surface area contributed by atoms with Crippen LogP contribution in [-0.4, -0.2) is 57.5 Å². The third-order valence-electron chi connectivity index (χ3n) is 6.74. The second-order valence-electron chi connectivity index (χ2n) is 9.32. The zero-order chi connectivity index (χ0) is 22.9. The summed E-state index contributed by atoms with van der Waals surface area (Å²) in [5.74, 6) is 2.54. The maximum absolute atomic E-state index is 10.3. The molecule has 0 amide bonds. The molecule has 5 rings (SSSR count). The van der Waals surface area contributed by atoms with Crippen molar-refractivity contribution in [1.29, 1.82) is 0 Å². The monoisotopic (exact) mass is 452 g/mol. The molecule has 9 heteroatoms. The van der Waals surface area contributed by atoms with E-state index in [9.17, 15) is 10.2 Å². The molecule has 3 unspecified atom stereocenters. The summed E-state index contributed by atoms with van der Waals surface area (Å²) in [6, 6.07) is 5.87. The molecule has 3 atom stereocenters. The summed E-state index contributed by atoms with van der Waals surface area (Å²) < 4.78 is 6.01. The Kier molecular flexibility index (Phi) is 6.07. The van der Waals surface area contributed by atoms with Crippen LogP contribution in [0, 0.1) is 18.8 Å². The zero-order valence-corrected chi connectivity index (χ0v) is 19.1. The van der Waals surface area contributed by atoms with Crippen LogP contribution in [-0.2, 0) is 6.42 Å². The minimum Gasteiger partial charge on any atom is -0.440 e. The van der Waals surface area contributed by atoms with E-state index in [4.69, 9.17) is 14.4 Å². The van der Waals surface area contributed by atoms with E-state index in [2.05, 4.69) is 20.9 Å². The number of aliphatic hydroxyl groups is 2. The van der Waals surface area contributed by atoms with E-state index in [1.807, 2.05) is 32.2 Å². The minimum atomic E-state index is -0.509. The summed E-state index contributed by atoms with van der Waals surface area (Å²) >= 11 is 0. The van der Waals surface area contributed by atoms with Crippen molar-refractivity contribution in [2.24, 2.45) is 11.8 Å². The van der Waals surface area contributed by atoms with Crippen molar-refractivity contribution < 1.29 is 14.6 Å². The molecule has 2 aliphatic rings. The van der Waals surface area contributed by atoms with Gasteiger partial charge in [-0.3, -0.25) is 0 Å². The lowest BCUT2D eigenvalue weighted by Crippen LogP contribution is -2.21. The number of anilines is 3. The van der Waals surface area contributed by atoms with Crippen LogP contribution >= 0.6 is 0 Å². The molecule has 2 fully saturated rings. The Bertz CT molecular complexity index is 1130. The van der Waals surface area contributed by atoms with Crippen LogP contribution in [0.3, 0.4) is 0 Å². The third kappa shape index (κ3) is 4.89. The minimum absolute atomic E-state index is 0.0132. The number of nitrogens with one attached hydrogen (secondary N) is 3. The molecule has 0 radical (unpaired) electrons. The van der Waals surface area contributed by atoms with E-state index in [1.165, 1.54) is 12.8 Å². The van der Waals surface area contributed by atoms with Gasteiger partial charge in [-0.15, -0.1) is 0 Å². The number of hydrogen-bond donors (Lipinski definition) is 5. The van der Waals surface area contributed by atoms with Gasteiger partial charge in [0.1, 0.15) is 11.3 Å². The number of fused-ring (bicyclic) bond motifs is 1. The standard InChI is InChI=1S/C24H32N6O3/c1-13-18(10-22-29-19-8-16(25-2)5-6-21(19)33-22)23(28-17-7-15(12-31)20(32)9-17)30-24(27-13)26-11-14-3-4-14/h5-6,8,14-15,17,20,25,31-32H,3-4,7,9-12H2,1-2H3,(H2,26,27,28,30). The Hall–Kier alpha value is -2.91. The first kappa shape index (κ1) is 21.9. The number of nitrogens with zero attached hydrogens (tertiary/aromatic N) is 3. The topological polar surface area (TPSA) is 128 Å². The molecule has 0 spiro atoms. The first-order chi connectivity index (χ1) is 16.0. The van der Waals surface area contributed by atoms with E-state index >= 15 is 0 Å². The van der Waals surface area contributed by atoms with E-state index < -0.39 is 6.10 Å². The lowest BCUT2D eigenvalue weighted by atomic mass is 10.1. The highest BCUT2D eigenvalue weighted by atomic mass is 16.3. The van der Waals surface area contributed by atoms with Crippen LogP contribution in [0.2, 0.25) is 0 Å². The Morgan fingerprint density at radius 2 is 2.00 bits per heavy atom. The molecule has 1 aromatic carbocycles. The van der Waals surface area contributed by atoms with Crippen molar-refractivity contribution in [2.75, 3.05) is 36.1 Å². The lowest BCUT2D eigenvalue weighted by Gasteiger charge is -2.18. The van der Waals surface area contributed by atoms with E-state index in [0.717, 1.165) is 40.4 Å². The van der Waals surface area contributed by atoms with Crippen molar-refractivity contribution in [1.82, 2.24) is 15.0 Å². The number of hydrogen-bond acceptors (Lipinski definition) is 9. The quantitative estimate of drug-likeness (QED) is 0.333. The van der Waals surface area contributed by atoms with Gasteiger partial charge in [-0.2, -0.15) is 4.98 Å². The lowest BCUT2D eigenvalue weighted by molar-refractivity contribution is 0.0908. The van der Waals surface area contributed by atoms with Gasteiger partial charge in [0.05, 0.1) is 12.5 Å². The highest BCUT2D eigenvalue weighted by Gasteiger charge is 2.33. The number of oxazole rings is 1. The van der Waals surface area contributed by atoms with E-state index in [1.54, 1.807) is 0 Å². The second-order valence-corrected chi connectivity index (χ2v) is 9.32. The smallest absolute Gasteiger partial charge is 0.224 e. The first-order valence-corrected chi connectivity index (χ1v) is 11.8. The van der Waals surface area contributed by atoms with Gasteiger partial charge >= 0.3 is 0 Å². The Balaban J connectivity index is 1.43. The predicted octanol–water partition coefficient (Wildman–Crippen LogP) is 2.92. The van der Waals surface area contributed by atoms with Crippen LogP contribution in [0.1, 0.15) is 42.8 Å². The largest absolute Gasteiger partial charge is 0.440 e. The van der Waals surface area contributed by atoms with Crippen LogP contribution in [0.5, 0.6) is 0 Å². The van der Waals surface area contributed by atoms with Crippen molar-refractivity contribution >= 4 is 28.6 Å². The maximum Gasteiger partial charge on any atom is 0.224 e. The highest BCUT2D eigenvalue weighted by Crippen LogP contribution is 2.32. The number of aliphatic hydroxyl groups excluding tert-OH is 2. The van der Waals surface area contributed by atoms with Gasteiger partial charge < -0.3 is 30.6 Å². The average Bonchev–Trinajstić information content (AvgIpc) is 3.44. The second kappa shape index (κ2) is 9.15. The van der Waals surface area contributed by atoms with Gasteiger partial charge in [-0.25, -0.2) is 9.97 Å². The van der Waals surface area contributed by atoms with Gasteiger partial charge in [-0.05, 0) is 56.7 Å². The molecule has 5 N–H and O–H groups in total. The Labute approximate surface area is 193 Å². The Morgan fingerprint density at radius 1 is 1.15 bits per heavy atom. The van der Waals surface area contributed by atoms with Gasteiger partial charge in [-0.1, -0.05) is 0 Å². The summed E-state index contributed by atoms with van der Waals surface area (Å²) in [6.07, 6.45) is 3.73. The van der Waals surface area contributed by atoms with Crippen LogP contribution in [0.15, 0.2) is 22.6 Å². The van der Waals surface area contributed by atoms with Gasteiger partial charge in [0.15, 0.2) is 11.5 Å². The Morgan fingerprint density at radius 3 is 2.73 bits per heavy atom. The van der Waals surface area contributed by atoms with Crippen LogP contribution in [0.25, 0.3) is 11.1 Å². The number of aryl methyl sites for hydroxylation is 1. The maximum atomic E-state index is 10.3. The van der Waals surface area contributed by atoms with Gasteiger partial charge in [0.2, 0.25) is 5.95 Å². The van der Waals surface area contributed by atoms with Crippen molar-refractivity contribution in [3.8, 4) is 0 Å². The number of rotatable bonds is 9. The molecule has 2 heterocycles. The molecule has 0 saturated heterocycles. The number of aromatic nitrogens is 3. The molecule has 2 aliphatic carbocycles. The molecule has 2 saturated carbocycles. The zero-order valence-electron chi connectivity index (χ0n) is 19.1. The first-order valence-electron chi connectivity index (χ1n) is 11.8. The molecule has 176 valence electrons. The molecular weight excluding hydrogens is 420 g/mol. The average molecular weight is 453 g/mol. The molecule has 33 heavy (non-hydrogen) atoms. The van der Waals surface area contributed by atoms with Crippen LogP contribution in [0.4, 0.5) is 17.5 Å². The summed E-state index contributed by atoms with van der Waals surface area (Å²) in [5, 5.41) is 29.8. The fraction of sp³-hybridized carbons (Fsp3) is 0.542. The molecule has 3 aromatic rings. The summed E-state index contributed by atoms with van der Waals surface area (Å²) in [5.41, 5.74) is 4.31. The summed E-state index contributed by atoms with van der Waals surface area (Å²) in [4.78, 5) is 14.2. The highest BCUT2D eigenvalue weighted by molar-refractivity contribution is 5.77.